The van der Waals surface area contributed by atoms with Crippen LogP contribution < -0.4 is 0 Å². The van der Waals surface area contributed by atoms with E-state index in [4.69, 9.17) is 23.2 Å². The number of H-pyrrole nitrogens is 1. The van der Waals surface area contributed by atoms with Crippen LogP contribution in [-0.2, 0) is 0 Å². The lowest BCUT2D eigenvalue weighted by atomic mass is 10.1. The molecule has 0 bridgehead atoms. The number of aromatic amines is 1. The monoisotopic (exact) mass is 351 g/mol. The van der Waals surface area contributed by atoms with E-state index in [0.29, 0.717) is 47.5 Å². The summed E-state index contributed by atoms with van der Waals surface area (Å²) >= 11 is 11.8. The second-order valence-electron chi connectivity index (χ2n) is 5.30. The Morgan fingerprint density at radius 2 is 1.57 bits per heavy atom. The van der Waals surface area contributed by atoms with Crippen LogP contribution in [0.2, 0.25) is 10.0 Å². The van der Waals surface area contributed by atoms with E-state index in [1.54, 1.807) is 46.3 Å². The molecule has 2 aromatic rings. The molecule has 0 aliphatic carbocycles. The van der Waals surface area contributed by atoms with Crippen molar-refractivity contribution in [3.05, 3.63) is 57.8 Å². The van der Waals surface area contributed by atoms with Crippen molar-refractivity contribution in [3.63, 3.8) is 0 Å². The van der Waals surface area contributed by atoms with Crippen LogP contribution in [-0.4, -0.2) is 52.8 Å². The average molecular weight is 352 g/mol. The van der Waals surface area contributed by atoms with Crippen LogP contribution in [0.3, 0.4) is 0 Å². The van der Waals surface area contributed by atoms with E-state index in [9.17, 15) is 9.59 Å². The van der Waals surface area contributed by atoms with Gasteiger partial charge in [-0.25, -0.2) is 0 Å². The number of amides is 2. The third-order valence-electron chi connectivity index (χ3n) is 3.85. The number of piperazine rings is 1. The van der Waals surface area contributed by atoms with Crippen molar-refractivity contribution in [2.45, 2.75) is 0 Å². The fourth-order valence-corrected chi connectivity index (χ4v) is 2.86. The molecule has 1 saturated heterocycles. The van der Waals surface area contributed by atoms with Crippen molar-refractivity contribution in [2.24, 2.45) is 0 Å². The SMILES string of the molecule is O=C(c1ccc(Cl)c(Cl)c1)N1CCN(C(=O)c2ccc[nH]2)CC1. The molecule has 0 saturated carbocycles. The maximum Gasteiger partial charge on any atom is 0.270 e. The molecular formula is C16H15Cl2N3O2. The lowest BCUT2D eigenvalue weighted by molar-refractivity contribution is 0.0532. The number of rotatable bonds is 2. The molecule has 1 aromatic carbocycles. The normalized spacial score (nSPS) is 14.9. The number of nitrogens with one attached hydrogen (secondary N) is 1. The van der Waals surface area contributed by atoms with E-state index in [-0.39, 0.29) is 11.8 Å². The fraction of sp³-hybridized carbons (Fsp3) is 0.250. The molecule has 23 heavy (non-hydrogen) atoms. The van der Waals surface area contributed by atoms with Crippen molar-refractivity contribution < 1.29 is 9.59 Å². The Labute approximate surface area is 143 Å². The Morgan fingerprint density at radius 1 is 0.913 bits per heavy atom. The molecular weight excluding hydrogens is 337 g/mol. The van der Waals surface area contributed by atoms with Crippen LogP contribution >= 0.6 is 23.2 Å². The summed E-state index contributed by atoms with van der Waals surface area (Å²) in [5, 5.41) is 0.780. The first-order chi connectivity index (χ1) is 11.1. The smallest absolute Gasteiger partial charge is 0.270 e. The molecule has 1 N–H and O–H groups in total. The minimum atomic E-state index is -0.101. The summed E-state index contributed by atoms with van der Waals surface area (Å²) in [7, 11) is 0. The number of benzene rings is 1. The Hall–Kier alpha value is -1.98. The number of hydrogen-bond acceptors (Lipinski definition) is 2. The van der Waals surface area contributed by atoms with Gasteiger partial charge in [0.25, 0.3) is 11.8 Å². The summed E-state index contributed by atoms with van der Waals surface area (Å²) in [5.41, 5.74) is 1.07. The van der Waals surface area contributed by atoms with Gasteiger partial charge in [-0.15, -0.1) is 0 Å². The van der Waals surface area contributed by atoms with E-state index in [0.717, 1.165) is 0 Å². The van der Waals surface area contributed by atoms with Crippen molar-refractivity contribution in [3.8, 4) is 0 Å². The molecule has 5 nitrogen and oxygen atoms in total. The summed E-state index contributed by atoms with van der Waals surface area (Å²) in [6.07, 6.45) is 1.72. The maximum atomic E-state index is 12.5. The summed E-state index contributed by atoms with van der Waals surface area (Å²) in [4.78, 5) is 31.1. The Kier molecular flexibility index (Phi) is 4.59. The zero-order valence-corrected chi connectivity index (χ0v) is 13.8. The van der Waals surface area contributed by atoms with Crippen LogP contribution in [0, 0.1) is 0 Å². The van der Waals surface area contributed by atoms with Gasteiger partial charge in [0, 0.05) is 37.9 Å². The van der Waals surface area contributed by atoms with Crippen LogP contribution in [0.4, 0.5) is 0 Å². The van der Waals surface area contributed by atoms with Crippen LogP contribution in [0.25, 0.3) is 0 Å². The first-order valence-electron chi connectivity index (χ1n) is 7.23. The lowest BCUT2D eigenvalue weighted by Gasteiger charge is -2.34. The molecule has 0 radical (unpaired) electrons. The molecule has 7 heteroatoms. The predicted molar refractivity (Wildman–Crippen MR) is 89.1 cm³/mol. The second-order valence-corrected chi connectivity index (χ2v) is 6.11. The molecule has 1 aliphatic rings. The van der Waals surface area contributed by atoms with Gasteiger partial charge in [-0.2, -0.15) is 0 Å². The highest BCUT2D eigenvalue weighted by Gasteiger charge is 2.26. The second kappa shape index (κ2) is 6.64. The molecule has 0 spiro atoms. The van der Waals surface area contributed by atoms with Crippen LogP contribution in [0.1, 0.15) is 20.8 Å². The molecule has 1 fully saturated rings. The third-order valence-corrected chi connectivity index (χ3v) is 4.59. The minimum absolute atomic E-state index is 0.0448. The Balaban J connectivity index is 1.63. The van der Waals surface area contributed by atoms with Crippen molar-refractivity contribution >= 4 is 35.0 Å². The molecule has 0 atom stereocenters. The van der Waals surface area contributed by atoms with E-state index in [1.807, 2.05) is 0 Å². The first kappa shape index (κ1) is 15.9. The van der Waals surface area contributed by atoms with E-state index in [2.05, 4.69) is 4.98 Å². The van der Waals surface area contributed by atoms with Gasteiger partial charge in [-0.3, -0.25) is 9.59 Å². The molecule has 120 valence electrons. The standard InChI is InChI=1S/C16H15Cl2N3O2/c17-12-4-3-11(10-13(12)18)15(22)20-6-8-21(9-7-20)16(23)14-2-1-5-19-14/h1-5,10,19H,6-9H2. The van der Waals surface area contributed by atoms with Gasteiger partial charge >= 0.3 is 0 Å². The van der Waals surface area contributed by atoms with Gasteiger partial charge in [-0.05, 0) is 30.3 Å². The highest BCUT2D eigenvalue weighted by molar-refractivity contribution is 6.42. The average Bonchev–Trinajstić information content (AvgIpc) is 3.11. The Morgan fingerprint density at radius 3 is 2.13 bits per heavy atom. The number of carbonyl (C=O) groups excluding carboxylic acids is 2. The summed E-state index contributed by atoms with van der Waals surface area (Å²) in [6.45, 7) is 1.99. The number of carbonyl (C=O) groups is 2. The number of nitrogens with zero attached hydrogens (tertiary/aromatic N) is 2. The van der Waals surface area contributed by atoms with Gasteiger partial charge in [0.15, 0.2) is 0 Å². The maximum absolute atomic E-state index is 12.5. The predicted octanol–water partition coefficient (Wildman–Crippen LogP) is 2.92. The minimum Gasteiger partial charge on any atom is -0.357 e. The van der Waals surface area contributed by atoms with Gasteiger partial charge in [0.2, 0.25) is 0 Å². The molecule has 0 unspecified atom stereocenters. The molecule has 2 heterocycles. The highest BCUT2D eigenvalue weighted by Crippen LogP contribution is 2.23. The van der Waals surface area contributed by atoms with Gasteiger partial charge in [0.05, 0.1) is 10.0 Å². The van der Waals surface area contributed by atoms with Crippen LogP contribution in [0.5, 0.6) is 0 Å². The molecule has 2 amide bonds. The first-order valence-corrected chi connectivity index (χ1v) is 7.99. The summed E-state index contributed by atoms with van der Waals surface area (Å²) < 4.78 is 0. The number of aromatic nitrogens is 1. The Bertz CT molecular complexity index is 723. The van der Waals surface area contributed by atoms with E-state index < -0.39 is 0 Å². The van der Waals surface area contributed by atoms with Crippen molar-refractivity contribution in [1.82, 2.24) is 14.8 Å². The van der Waals surface area contributed by atoms with Gasteiger partial charge in [0.1, 0.15) is 5.69 Å². The van der Waals surface area contributed by atoms with Crippen LogP contribution in [0.15, 0.2) is 36.5 Å². The zero-order valence-electron chi connectivity index (χ0n) is 12.3. The van der Waals surface area contributed by atoms with E-state index in [1.165, 1.54) is 0 Å². The summed E-state index contributed by atoms with van der Waals surface area (Å²) in [6, 6.07) is 8.38. The number of halogens is 2. The topological polar surface area (TPSA) is 56.4 Å². The lowest BCUT2D eigenvalue weighted by Crippen LogP contribution is -2.50. The quantitative estimate of drug-likeness (QED) is 0.904. The third kappa shape index (κ3) is 3.35. The molecule has 1 aliphatic heterocycles. The number of hydrogen-bond donors (Lipinski definition) is 1. The van der Waals surface area contributed by atoms with Gasteiger partial charge in [-0.1, -0.05) is 23.2 Å². The van der Waals surface area contributed by atoms with Crippen molar-refractivity contribution in [2.75, 3.05) is 26.2 Å². The van der Waals surface area contributed by atoms with Crippen molar-refractivity contribution in [1.29, 1.82) is 0 Å². The van der Waals surface area contributed by atoms with Gasteiger partial charge < -0.3 is 14.8 Å². The van der Waals surface area contributed by atoms with E-state index >= 15 is 0 Å². The fourth-order valence-electron chi connectivity index (χ4n) is 2.56. The zero-order chi connectivity index (χ0) is 16.4. The summed E-state index contributed by atoms with van der Waals surface area (Å²) in [5.74, 6) is -0.146. The largest absolute Gasteiger partial charge is 0.357 e. The molecule has 1 aromatic heterocycles. The highest BCUT2D eigenvalue weighted by atomic mass is 35.5. The molecule has 3 rings (SSSR count).